The molecule has 20 heavy (non-hydrogen) atoms. The predicted octanol–water partition coefficient (Wildman–Crippen LogP) is 3.02. The first-order valence-electron chi connectivity index (χ1n) is 6.39. The van der Waals surface area contributed by atoms with Crippen LogP contribution in [-0.2, 0) is 11.2 Å². The summed E-state index contributed by atoms with van der Waals surface area (Å²) in [5.74, 6) is 0.710. The summed E-state index contributed by atoms with van der Waals surface area (Å²) in [6, 6.07) is 11.7. The van der Waals surface area contributed by atoms with Gasteiger partial charge in [-0.05, 0) is 23.6 Å². The second-order valence-electron chi connectivity index (χ2n) is 4.15. The standard InChI is InChI=1S/C15H17NO2S2/c16-15(19)13-5-1-2-6-14(13)18-10-9-17-8-7-12-4-3-11-20-12/h1-6,11H,7-10H2,(H2,16,19). The van der Waals surface area contributed by atoms with Crippen LogP contribution in [0.25, 0.3) is 0 Å². The van der Waals surface area contributed by atoms with Crippen LogP contribution in [0.5, 0.6) is 5.75 Å². The van der Waals surface area contributed by atoms with Gasteiger partial charge in [0.15, 0.2) is 0 Å². The fraction of sp³-hybridized carbons (Fsp3) is 0.267. The second-order valence-corrected chi connectivity index (χ2v) is 5.62. The smallest absolute Gasteiger partial charge is 0.129 e. The molecular weight excluding hydrogens is 290 g/mol. The summed E-state index contributed by atoms with van der Waals surface area (Å²) in [5.41, 5.74) is 6.41. The summed E-state index contributed by atoms with van der Waals surface area (Å²) < 4.78 is 11.2. The fourth-order valence-electron chi connectivity index (χ4n) is 1.74. The Balaban J connectivity index is 1.67. The topological polar surface area (TPSA) is 44.5 Å². The molecule has 0 saturated heterocycles. The summed E-state index contributed by atoms with van der Waals surface area (Å²) in [6.45, 7) is 1.75. The SMILES string of the molecule is NC(=S)c1ccccc1OCCOCCc1cccs1. The highest BCUT2D eigenvalue weighted by Gasteiger charge is 2.04. The highest BCUT2D eigenvalue weighted by atomic mass is 32.1. The first-order chi connectivity index (χ1) is 9.77. The molecule has 0 saturated carbocycles. The Bertz CT molecular complexity index is 541. The Labute approximate surface area is 128 Å². The third-order valence-corrected chi connectivity index (χ3v) is 3.87. The summed E-state index contributed by atoms with van der Waals surface area (Å²) >= 11 is 6.73. The van der Waals surface area contributed by atoms with E-state index in [0.717, 1.165) is 12.0 Å². The molecule has 0 atom stereocenters. The molecule has 2 aromatic rings. The number of hydrogen-bond acceptors (Lipinski definition) is 4. The number of rotatable bonds is 8. The Hall–Kier alpha value is -1.43. The van der Waals surface area contributed by atoms with Crippen molar-refractivity contribution in [1.82, 2.24) is 0 Å². The molecule has 2 rings (SSSR count). The lowest BCUT2D eigenvalue weighted by Crippen LogP contribution is -2.14. The lowest BCUT2D eigenvalue weighted by molar-refractivity contribution is 0.103. The third-order valence-electron chi connectivity index (χ3n) is 2.71. The molecule has 0 fully saturated rings. The Kier molecular flexibility index (Phi) is 5.98. The zero-order chi connectivity index (χ0) is 14.2. The number of thiocarbonyl (C=S) groups is 1. The van der Waals surface area contributed by atoms with Crippen molar-refractivity contribution in [2.45, 2.75) is 6.42 Å². The van der Waals surface area contributed by atoms with Gasteiger partial charge in [0.05, 0.1) is 18.8 Å². The number of nitrogens with two attached hydrogens (primary N) is 1. The molecule has 5 heteroatoms. The van der Waals surface area contributed by atoms with Crippen molar-refractivity contribution in [2.24, 2.45) is 5.73 Å². The number of ether oxygens (including phenoxy) is 2. The van der Waals surface area contributed by atoms with Gasteiger partial charge in [-0.25, -0.2) is 0 Å². The minimum atomic E-state index is 0.346. The van der Waals surface area contributed by atoms with E-state index >= 15 is 0 Å². The van der Waals surface area contributed by atoms with Crippen molar-refractivity contribution in [2.75, 3.05) is 19.8 Å². The maximum Gasteiger partial charge on any atom is 0.129 e. The summed E-state index contributed by atoms with van der Waals surface area (Å²) in [4.78, 5) is 1.68. The van der Waals surface area contributed by atoms with E-state index in [0.29, 0.717) is 30.6 Å². The highest BCUT2D eigenvalue weighted by Crippen LogP contribution is 2.17. The average molecular weight is 307 g/mol. The number of benzene rings is 1. The predicted molar refractivity (Wildman–Crippen MR) is 86.7 cm³/mol. The van der Waals surface area contributed by atoms with E-state index in [1.165, 1.54) is 4.88 Å². The lowest BCUT2D eigenvalue weighted by Gasteiger charge is -2.10. The van der Waals surface area contributed by atoms with Gasteiger partial charge in [0.1, 0.15) is 17.3 Å². The van der Waals surface area contributed by atoms with Crippen LogP contribution in [0, 0.1) is 0 Å². The normalized spacial score (nSPS) is 10.4. The van der Waals surface area contributed by atoms with Crippen molar-refractivity contribution in [3.8, 4) is 5.75 Å². The summed E-state index contributed by atoms with van der Waals surface area (Å²) in [6.07, 6.45) is 0.946. The van der Waals surface area contributed by atoms with Crippen molar-refractivity contribution in [1.29, 1.82) is 0 Å². The highest BCUT2D eigenvalue weighted by molar-refractivity contribution is 7.80. The molecule has 2 N–H and O–H groups in total. The molecule has 106 valence electrons. The van der Waals surface area contributed by atoms with Crippen LogP contribution in [0.2, 0.25) is 0 Å². The van der Waals surface area contributed by atoms with Gasteiger partial charge >= 0.3 is 0 Å². The van der Waals surface area contributed by atoms with Crippen LogP contribution in [-0.4, -0.2) is 24.8 Å². The van der Waals surface area contributed by atoms with E-state index < -0.39 is 0 Å². The third kappa shape index (κ3) is 4.59. The van der Waals surface area contributed by atoms with Crippen LogP contribution >= 0.6 is 23.6 Å². The fourth-order valence-corrected chi connectivity index (χ4v) is 2.60. The molecule has 0 unspecified atom stereocenters. The van der Waals surface area contributed by atoms with Gasteiger partial charge in [-0.15, -0.1) is 11.3 Å². The molecule has 1 aromatic heterocycles. The Morgan fingerprint density at radius 3 is 2.70 bits per heavy atom. The van der Waals surface area contributed by atoms with Gasteiger partial charge in [0.2, 0.25) is 0 Å². The number of hydrogen-bond donors (Lipinski definition) is 1. The van der Waals surface area contributed by atoms with Gasteiger partial charge in [0, 0.05) is 11.3 Å². The average Bonchev–Trinajstić information content (AvgIpc) is 2.96. The summed E-state index contributed by atoms with van der Waals surface area (Å²) in [7, 11) is 0. The minimum Gasteiger partial charge on any atom is -0.490 e. The van der Waals surface area contributed by atoms with Gasteiger partial charge in [-0.3, -0.25) is 0 Å². The van der Waals surface area contributed by atoms with Crippen molar-refractivity contribution < 1.29 is 9.47 Å². The first kappa shape index (κ1) is 15.0. The van der Waals surface area contributed by atoms with Gasteiger partial charge in [-0.2, -0.15) is 0 Å². The first-order valence-corrected chi connectivity index (χ1v) is 7.68. The van der Waals surface area contributed by atoms with Crippen LogP contribution in [0.1, 0.15) is 10.4 Å². The maximum absolute atomic E-state index is 5.65. The van der Waals surface area contributed by atoms with Crippen LogP contribution < -0.4 is 10.5 Å². The van der Waals surface area contributed by atoms with E-state index in [1.54, 1.807) is 11.3 Å². The van der Waals surface area contributed by atoms with Gasteiger partial charge < -0.3 is 15.2 Å². The lowest BCUT2D eigenvalue weighted by atomic mass is 10.2. The molecule has 0 radical (unpaired) electrons. The summed E-state index contributed by atoms with van der Waals surface area (Å²) in [5, 5.41) is 2.07. The maximum atomic E-state index is 5.65. The molecule has 0 bridgehead atoms. The molecule has 0 amide bonds. The van der Waals surface area contributed by atoms with Crippen molar-refractivity contribution in [3.63, 3.8) is 0 Å². The van der Waals surface area contributed by atoms with Gasteiger partial charge in [-0.1, -0.05) is 30.4 Å². The van der Waals surface area contributed by atoms with E-state index in [4.69, 9.17) is 27.4 Å². The molecule has 0 aliphatic heterocycles. The number of para-hydroxylation sites is 1. The monoisotopic (exact) mass is 307 g/mol. The molecule has 0 aliphatic carbocycles. The van der Waals surface area contributed by atoms with Crippen molar-refractivity contribution in [3.05, 3.63) is 52.2 Å². The zero-order valence-corrected chi connectivity index (χ0v) is 12.7. The number of thiophene rings is 1. The van der Waals surface area contributed by atoms with E-state index in [9.17, 15) is 0 Å². The molecule has 3 nitrogen and oxygen atoms in total. The van der Waals surface area contributed by atoms with Crippen LogP contribution in [0.15, 0.2) is 41.8 Å². The minimum absolute atomic E-state index is 0.346. The van der Waals surface area contributed by atoms with E-state index in [2.05, 4.69) is 17.5 Å². The van der Waals surface area contributed by atoms with E-state index in [-0.39, 0.29) is 0 Å². The van der Waals surface area contributed by atoms with Crippen LogP contribution in [0.4, 0.5) is 0 Å². The zero-order valence-electron chi connectivity index (χ0n) is 11.1. The van der Waals surface area contributed by atoms with Crippen LogP contribution in [0.3, 0.4) is 0 Å². The molecule has 0 aliphatic rings. The molecule has 1 aromatic carbocycles. The molecule has 1 heterocycles. The quantitative estimate of drug-likeness (QED) is 0.601. The van der Waals surface area contributed by atoms with E-state index in [1.807, 2.05) is 24.3 Å². The second kappa shape index (κ2) is 7.99. The largest absolute Gasteiger partial charge is 0.490 e. The Morgan fingerprint density at radius 1 is 1.10 bits per heavy atom. The Morgan fingerprint density at radius 2 is 1.95 bits per heavy atom. The van der Waals surface area contributed by atoms with Gasteiger partial charge in [0.25, 0.3) is 0 Å². The van der Waals surface area contributed by atoms with Crippen molar-refractivity contribution >= 4 is 28.5 Å². The molecular formula is C15H17NO2S2. The molecule has 0 spiro atoms.